The molecule has 1 aliphatic rings. The molecule has 4 nitrogen and oxygen atoms in total. The van der Waals surface area contributed by atoms with E-state index in [1.54, 1.807) is 6.07 Å². The molecule has 2 aromatic heterocycles. The zero-order valence-corrected chi connectivity index (χ0v) is 12.9. The van der Waals surface area contributed by atoms with Gasteiger partial charge in [-0.1, -0.05) is 6.07 Å². The van der Waals surface area contributed by atoms with Gasteiger partial charge in [-0.15, -0.1) is 0 Å². The van der Waals surface area contributed by atoms with E-state index >= 15 is 0 Å². The monoisotopic (exact) mass is 351 g/mol. The average Bonchev–Trinajstić information content (AvgIpc) is 3.28. The number of benzene rings is 1. The summed E-state index contributed by atoms with van der Waals surface area (Å²) in [5.74, 6) is -1.28. The van der Waals surface area contributed by atoms with Gasteiger partial charge >= 0.3 is 6.18 Å². The molecule has 1 fully saturated rings. The molecule has 0 saturated heterocycles. The Morgan fingerprint density at radius 2 is 1.96 bits per heavy atom. The van der Waals surface area contributed by atoms with Crippen LogP contribution < -0.4 is 0 Å². The van der Waals surface area contributed by atoms with Gasteiger partial charge in [-0.3, -0.25) is 0 Å². The minimum absolute atomic E-state index is 0.0177. The number of hydrogen-bond acceptors (Lipinski definition) is 3. The molecule has 25 heavy (non-hydrogen) atoms. The number of hydrogen-bond donors (Lipinski definition) is 1. The third-order valence-corrected chi connectivity index (χ3v) is 4.32. The Morgan fingerprint density at radius 1 is 1.20 bits per heavy atom. The summed E-state index contributed by atoms with van der Waals surface area (Å²) in [6.45, 7) is 0. The molecule has 1 saturated carbocycles. The summed E-state index contributed by atoms with van der Waals surface area (Å²) in [5.41, 5.74) is 0.518. The Balaban J connectivity index is 1.81. The first-order valence-corrected chi connectivity index (χ1v) is 7.75. The summed E-state index contributed by atoms with van der Waals surface area (Å²) in [5, 5.41) is 14.5. The largest absolute Gasteiger partial charge is 0.493 e. The van der Waals surface area contributed by atoms with E-state index in [4.69, 9.17) is 0 Å². The van der Waals surface area contributed by atoms with Crippen LogP contribution in [0.15, 0.2) is 30.5 Å². The van der Waals surface area contributed by atoms with Gasteiger partial charge in [-0.05, 0) is 30.5 Å². The lowest BCUT2D eigenvalue weighted by atomic mass is 10.00. The van der Waals surface area contributed by atoms with Crippen LogP contribution in [0.2, 0.25) is 0 Å². The fourth-order valence-electron chi connectivity index (χ4n) is 2.95. The first-order valence-electron chi connectivity index (χ1n) is 7.75. The molecule has 8 heteroatoms. The van der Waals surface area contributed by atoms with Gasteiger partial charge in [0.05, 0.1) is 17.5 Å². The van der Waals surface area contributed by atoms with Gasteiger partial charge in [0.15, 0.2) is 5.65 Å². The summed E-state index contributed by atoms with van der Waals surface area (Å²) in [6.07, 6.45) is -1.43. The number of rotatable bonds is 3. The van der Waals surface area contributed by atoms with Gasteiger partial charge < -0.3 is 5.11 Å². The van der Waals surface area contributed by atoms with E-state index in [0.717, 1.165) is 25.0 Å². The Morgan fingerprint density at radius 3 is 2.64 bits per heavy atom. The lowest BCUT2D eigenvalue weighted by Gasteiger charge is -2.14. The fourth-order valence-corrected chi connectivity index (χ4v) is 2.95. The maximum Gasteiger partial charge on any atom is 0.419 e. The lowest BCUT2D eigenvalue weighted by molar-refractivity contribution is -0.140. The van der Waals surface area contributed by atoms with E-state index in [0.29, 0.717) is 16.9 Å². The lowest BCUT2D eigenvalue weighted by Crippen LogP contribution is -2.10. The van der Waals surface area contributed by atoms with Crippen molar-refractivity contribution in [3.8, 4) is 5.88 Å². The van der Waals surface area contributed by atoms with Gasteiger partial charge in [0.25, 0.3) is 0 Å². The highest BCUT2D eigenvalue weighted by molar-refractivity contribution is 5.49. The van der Waals surface area contributed by atoms with Crippen LogP contribution in [0.1, 0.15) is 41.1 Å². The van der Waals surface area contributed by atoms with E-state index in [1.165, 1.54) is 16.8 Å². The number of halogens is 4. The SMILES string of the molecule is Oc1c(Cc2ccc(F)c(C(F)(F)F)c2)c(C2CC2)nc2ccnn12. The number of nitrogens with zero attached hydrogens (tertiary/aromatic N) is 3. The first-order chi connectivity index (χ1) is 11.8. The Labute approximate surface area is 139 Å². The maximum atomic E-state index is 13.5. The van der Waals surface area contributed by atoms with Crippen molar-refractivity contribution in [1.29, 1.82) is 0 Å². The van der Waals surface area contributed by atoms with Crippen molar-refractivity contribution in [2.75, 3.05) is 0 Å². The van der Waals surface area contributed by atoms with Crippen molar-refractivity contribution in [3.05, 3.63) is 58.7 Å². The molecular weight excluding hydrogens is 338 g/mol. The molecule has 0 spiro atoms. The van der Waals surface area contributed by atoms with Crippen molar-refractivity contribution in [3.63, 3.8) is 0 Å². The smallest absolute Gasteiger partial charge is 0.419 e. The number of alkyl halides is 3. The van der Waals surface area contributed by atoms with Crippen LogP contribution in [0.25, 0.3) is 5.65 Å². The molecule has 1 aliphatic carbocycles. The van der Waals surface area contributed by atoms with Crippen molar-refractivity contribution >= 4 is 5.65 Å². The van der Waals surface area contributed by atoms with Gasteiger partial charge in [-0.25, -0.2) is 9.37 Å². The van der Waals surface area contributed by atoms with Crippen LogP contribution in [0, 0.1) is 5.82 Å². The van der Waals surface area contributed by atoms with E-state index in [-0.39, 0.29) is 23.8 Å². The highest BCUT2D eigenvalue weighted by atomic mass is 19.4. The highest BCUT2D eigenvalue weighted by Gasteiger charge is 2.35. The second kappa shape index (κ2) is 5.44. The van der Waals surface area contributed by atoms with Crippen molar-refractivity contribution < 1.29 is 22.7 Å². The highest BCUT2D eigenvalue weighted by Crippen LogP contribution is 2.43. The van der Waals surface area contributed by atoms with Gasteiger partial charge in [0.2, 0.25) is 5.88 Å². The molecule has 0 aliphatic heterocycles. The van der Waals surface area contributed by atoms with Crippen LogP contribution >= 0.6 is 0 Å². The average molecular weight is 351 g/mol. The van der Waals surface area contributed by atoms with Crippen LogP contribution in [0.3, 0.4) is 0 Å². The Kier molecular flexibility index (Phi) is 3.45. The molecule has 0 radical (unpaired) electrons. The standard InChI is InChI=1S/C17H13F4N3O/c18-13-4-1-9(8-12(13)17(19,20)21)7-11-15(10-2-3-10)23-14-5-6-22-24(14)16(11)25/h1,4-6,8,10,25H,2-3,7H2. The molecule has 0 bridgehead atoms. The first kappa shape index (κ1) is 15.9. The van der Waals surface area contributed by atoms with Crippen LogP contribution in [0.4, 0.5) is 17.6 Å². The van der Waals surface area contributed by atoms with Gasteiger partial charge in [0.1, 0.15) is 5.82 Å². The molecule has 2 heterocycles. The predicted octanol–water partition coefficient (Wildman–Crippen LogP) is 4.06. The molecule has 4 rings (SSSR count). The van der Waals surface area contributed by atoms with E-state index < -0.39 is 17.6 Å². The Bertz CT molecular complexity index is 960. The summed E-state index contributed by atoms with van der Waals surface area (Å²) < 4.78 is 53.5. The number of aromatic hydroxyl groups is 1. The fraction of sp³-hybridized carbons (Fsp3) is 0.294. The second-order valence-electron chi connectivity index (χ2n) is 6.16. The molecule has 0 amide bonds. The summed E-state index contributed by atoms with van der Waals surface area (Å²) in [6, 6.07) is 4.51. The zero-order valence-electron chi connectivity index (χ0n) is 12.9. The van der Waals surface area contributed by atoms with Gasteiger partial charge in [-0.2, -0.15) is 22.8 Å². The molecule has 0 atom stereocenters. The molecule has 130 valence electrons. The van der Waals surface area contributed by atoms with Crippen molar-refractivity contribution in [2.45, 2.75) is 31.4 Å². The Hall–Kier alpha value is -2.64. The van der Waals surface area contributed by atoms with E-state index in [2.05, 4.69) is 10.1 Å². The van der Waals surface area contributed by atoms with E-state index in [1.807, 2.05) is 0 Å². The van der Waals surface area contributed by atoms with Crippen LogP contribution in [-0.2, 0) is 12.6 Å². The molecule has 3 aromatic rings. The minimum atomic E-state index is -4.77. The molecule has 0 unspecified atom stereocenters. The topological polar surface area (TPSA) is 50.4 Å². The summed E-state index contributed by atoms with van der Waals surface area (Å²) in [4.78, 5) is 4.49. The van der Waals surface area contributed by atoms with Crippen LogP contribution in [0.5, 0.6) is 5.88 Å². The second-order valence-corrected chi connectivity index (χ2v) is 6.16. The quantitative estimate of drug-likeness (QED) is 0.724. The van der Waals surface area contributed by atoms with Crippen LogP contribution in [-0.4, -0.2) is 19.7 Å². The third-order valence-electron chi connectivity index (χ3n) is 4.32. The normalized spacial score (nSPS) is 15.0. The molecule has 1 aromatic carbocycles. The van der Waals surface area contributed by atoms with E-state index in [9.17, 15) is 22.7 Å². The summed E-state index contributed by atoms with van der Waals surface area (Å²) >= 11 is 0. The van der Waals surface area contributed by atoms with Gasteiger partial charge in [0, 0.05) is 24.0 Å². The maximum absolute atomic E-state index is 13.5. The van der Waals surface area contributed by atoms with Crippen molar-refractivity contribution in [2.24, 2.45) is 0 Å². The van der Waals surface area contributed by atoms with Crippen molar-refractivity contribution in [1.82, 2.24) is 14.6 Å². The minimum Gasteiger partial charge on any atom is -0.493 e. The predicted molar refractivity (Wildman–Crippen MR) is 80.8 cm³/mol. The number of aromatic nitrogens is 3. The number of fused-ring (bicyclic) bond motifs is 1. The molecular formula is C17H13F4N3O. The summed E-state index contributed by atoms with van der Waals surface area (Å²) in [7, 11) is 0. The zero-order chi connectivity index (χ0) is 17.8. The molecule has 1 N–H and O–H groups in total. The third kappa shape index (κ3) is 2.81.